The average molecular weight is 237 g/mol. The van der Waals surface area contributed by atoms with E-state index in [0.29, 0.717) is 0 Å². The minimum absolute atomic E-state index is 0.219. The second kappa shape index (κ2) is 3.54. The molecule has 0 saturated carbocycles. The van der Waals surface area contributed by atoms with Gasteiger partial charge in [-0.25, -0.2) is 8.42 Å². The molecule has 0 atom stereocenters. The van der Waals surface area contributed by atoms with Gasteiger partial charge in [-0.2, -0.15) is 4.57 Å². The van der Waals surface area contributed by atoms with Gasteiger partial charge in [0.2, 0.25) is 5.52 Å². The lowest BCUT2D eigenvalue weighted by Crippen LogP contribution is -2.36. The van der Waals surface area contributed by atoms with E-state index < -0.39 is 10.1 Å². The predicted molar refractivity (Wildman–Crippen MR) is 57.8 cm³/mol. The van der Waals surface area contributed by atoms with E-state index in [0.717, 1.165) is 16.5 Å². The maximum atomic E-state index is 11.0. The molecule has 84 valence electrons. The molecule has 2 aromatic rings. The summed E-state index contributed by atoms with van der Waals surface area (Å²) in [4.78, 5) is 0. The number of benzene rings is 1. The molecule has 1 aromatic heterocycles. The van der Waals surface area contributed by atoms with Crippen LogP contribution in [0.15, 0.2) is 35.4 Å². The molecular weight excluding hydrogens is 226 g/mol. The molecule has 0 radical (unpaired) electrons. The van der Waals surface area contributed by atoms with Crippen LogP contribution in [-0.4, -0.2) is 13.0 Å². The maximum absolute atomic E-state index is 11.0. The zero-order valence-corrected chi connectivity index (χ0v) is 9.78. The van der Waals surface area contributed by atoms with Crippen LogP contribution in [0.5, 0.6) is 0 Å². The second-order valence-electron chi connectivity index (χ2n) is 3.75. The van der Waals surface area contributed by atoms with Crippen LogP contribution in [0.1, 0.15) is 5.56 Å². The van der Waals surface area contributed by atoms with E-state index in [1.165, 1.54) is 10.6 Å². The van der Waals surface area contributed by atoms with Crippen molar-refractivity contribution in [1.82, 2.24) is 0 Å². The summed E-state index contributed by atoms with van der Waals surface area (Å²) in [6.07, 6.45) is 0. The van der Waals surface area contributed by atoms with Crippen LogP contribution in [0.4, 0.5) is 0 Å². The monoisotopic (exact) mass is 237 g/mol. The molecule has 0 aliphatic carbocycles. The highest BCUT2D eigenvalue weighted by atomic mass is 32.2. The number of aryl methyl sites for hydroxylation is 2. The van der Waals surface area contributed by atoms with Crippen molar-refractivity contribution < 1.29 is 17.5 Å². The number of nitrogens with zero attached hydrogens (tertiary/aromatic N) is 1. The molecule has 1 heterocycles. The lowest BCUT2D eigenvalue weighted by Gasteiger charge is -2.06. The summed E-state index contributed by atoms with van der Waals surface area (Å²) >= 11 is 0. The smallest absolute Gasteiger partial charge is 0.285 e. The van der Waals surface area contributed by atoms with Gasteiger partial charge in [0, 0.05) is 17.5 Å². The SMILES string of the molecule is Cc1ccc2c(ccc(S(=O)(=O)[O-])[n+]2C)c1. The third-order valence-electron chi connectivity index (χ3n) is 2.54. The average Bonchev–Trinajstić information content (AvgIpc) is 2.15. The molecule has 0 unspecified atom stereocenters. The fourth-order valence-corrected chi connectivity index (χ4v) is 2.42. The lowest BCUT2D eigenvalue weighted by atomic mass is 10.1. The molecule has 0 saturated heterocycles. The maximum Gasteiger partial charge on any atom is 0.285 e. The Morgan fingerprint density at radius 3 is 2.50 bits per heavy atom. The second-order valence-corrected chi connectivity index (χ2v) is 5.07. The van der Waals surface area contributed by atoms with E-state index in [2.05, 4.69) is 0 Å². The normalized spacial score (nSPS) is 11.9. The molecule has 2 rings (SSSR count). The minimum atomic E-state index is -4.42. The van der Waals surface area contributed by atoms with Crippen LogP contribution >= 0.6 is 0 Å². The fraction of sp³-hybridized carbons (Fsp3) is 0.182. The Hall–Kier alpha value is -1.46. The van der Waals surface area contributed by atoms with Crippen molar-refractivity contribution in [1.29, 1.82) is 0 Å². The van der Waals surface area contributed by atoms with Crippen LogP contribution in [0.3, 0.4) is 0 Å². The first-order valence-electron chi connectivity index (χ1n) is 4.75. The quantitative estimate of drug-likeness (QED) is 0.546. The largest absolute Gasteiger partial charge is 0.740 e. The molecule has 5 heteroatoms. The van der Waals surface area contributed by atoms with Gasteiger partial charge in [-0.05, 0) is 19.1 Å². The Morgan fingerprint density at radius 1 is 1.19 bits per heavy atom. The summed E-state index contributed by atoms with van der Waals surface area (Å²) in [5, 5.41) is 0.693. The summed E-state index contributed by atoms with van der Waals surface area (Å²) in [6, 6.07) is 8.61. The molecule has 0 spiro atoms. The number of hydrogen-bond acceptors (Lipinski definition) is 3. The molecule has 4 nitrogen and oxygen atoms in total. The molecule has 0 N–H and O–H groups in total. The number of fused-ring (bicyclic) bond motifs is 1. The summed E-state index contributed by atoms with van der Waals surface area (Å²) in [7, 11) is -2.85. The highest BCUT2D eigenvalue weighted by Crippen LogP contribution is 2.14. The number of pyridine rings is 1. The first kappa shape index (κ1) is 11.0. The van der Waals surface area contributed by atoms with E-state index in [4.69, 9.17) is 0 Å². The van der Waals surface area contributed by atoms with E-state index in [-0.39, 0.29) is 5.03 Å². The minimum Gasteiger partial charge on any atom is -0.740 e. The number of aromatic nitrogens is 1. The van der Waals surface area contributed by atoms with Gasteiger partial charge in [-0.3, -0.25) is 0 Å². The standard InChI is InChI=1S/C11H11NO3S/c1-8-3-5-10-9(7-8)4-6-11(12(10)2)16(13,14)15/h3-7H,1-2H3. The van der Waals surface area contributed by atoms with E-state index >= 15 is 0 Å². The third kappa shape index (κ3) is 1.79. The van der Waals surface area contributed by atoms with Crippen molar-refractivity contribution in [3.05, 3.63) is 35.9 Å². The Balaban J connectivity index is 2.86. The summed E-state index contributed by atoms with van der Waals surface area (Å²) in [6.45, 7) is 1.96. The van der Waals surface area contributed by atoms with Gasteiger partial charge in [0.05, 0.1) is 0 Å². The topological polar surface area (TPSA) is 61.1 Å². The Bertz CT molecular complexity index is 662. The first-order valence-corrected chi connectivity index (χ1v) is 6.16. The number of rotatable bonds is 1. The zero-order valence-electron chi connectivity index (χ0n) is 8.97. The van der Waals surface area contributed by atoms with Gasteiger partial charge in [-0.1, -0.05) is 11.6 Å². The van der Waals surface area contributed by atoms with Gasteiger partial charge in [0.15, 0.2) is 10.1 Å². The Labute approximate surface area is 93.9 Å². The van der Waals surface area contributed by atoms with Gasteiger partial charge >= 0.3 is 0 Å². The molecule has 16 heavy (non-hydrogen) atoms. The molecule has 0 aliphatic heterocycles. The molecule has 0 aliphatic rings. The molecule has 0 bridgehead atoms. The van der Waals surface area contributed by atoms with Crippen molar-refractivity contribution in [2.75, 3.05) is 0 Å². The molecule has 0 amide bonds. The van der Waals surface area contributed by atoms with Crippen molar-refractivity contribution in [3.8, 4) is 0 Å². The van der Waals surface area contributed by atoms with Crippen LogP contribution in [0, 0.1) is 6.92 Å². The van der Waals surface area contributed by atoms with Gasteiger partial charge in [0.1, 0.15) is 7.05 Å². The highest BCUT2D eigenvalue weighted by molar-refractivity contribution is 7.85. The number of hydrogen-bond donors (Lipinski definition) is 0. The fourth-order valence-electron chi connectivity index (χ4n) is 1.76. The molecular formula is C11H11NO3S. The van der Waals surface area contributed by atoms with Crippen LogP contribution in [-0.2, 0) is 17.2 Å². The summed E-state index contributed by atoms with van der Waals surface area (Å²) < 4.78 is 34.4. The highest BCUT2D eigenvalue weighted by Gasteiger charge is 2.16. The molecule has 0 fully saturated rings. The van der Waals surface area contributed by atoms with E-state index in [1.54, 1.807) is 19.2 Å². The van der Waals surface area contributed by atoms with Crippen LogP contribution in [0.2, 0.25) is 0 Å². The van der Waals surface area contributed by atoms with Crippen LogP contribution in [0.25, 0.3) is 10.9 Å². The molecule has 1 aromatic carbocycles. The lowest BCUT2D eigenvalue weighted by molar-refractivity contribution is -0.684. The third-order valence-corrected chi connectivity index (χ3v) is 3.46. The van der Waals surface area contributed by atoms with Crippen molar-refractivity contribution in [3.63, 3.8) is 0 Å². The van der Waals surface area contributed by atoms with Gasteiger partial charge in [0.25, 0.3) is 5.03 Å². The van der Waals surface area contributed by atoms with E-state index in [9.17, 15) is 13.0 Å². The predicted octanol–water partition coefficient (Wildman–Crippen LogP) is 0.877. The Kier molecular flexibility index (Phi) is 2.44. The van der Waals surface area contributed by atoms with Crippen molar-refractivity contribution >= 4 is 21.0 Å². The van der Waals surface area contributed by atoms with E-state index in [1.807, 2.05) is 19.1 Å². The van der Waals surface area contributed by atoms with Gasteiger partial charge in [-0.15, -0.1) is 0 Å². The summed E-state index contributed by atoms with van der Waals surface area (Å²) in [5.74, 6) is 0. The van der Waals surface area contributed by atoms with Gasteiger partial charge < -0.3 is 4.55 Å². The zero-order chi connectivity index (χ0) is 11.9. The van der Waals surface area contributed by atoms with Crippen molar-refractivity contribution in [2.24, 2.45) is 7.05 Å². The Morgan fingerprint density at radius 2 is 1.88 bits per heavy atom. The first-order chi connectivity index (χ1) is 7.39. The van der Waals surface area contributed by atoms with Crippen molar-refractivity contribution in [2.45, 2.75) is 11.9 Å². The summed E-state index contributed by atoms with van der Waals surface area (Å²) in [5.41, 5.74) is 1.81. The van der Waals surface area contributed by atoms with Crippen LogP contribution < -0.4 is 4.57 Å².